The van der Waals surface area contributed by atoms with Crippen LogP contribution in [0.2, 0.25) is 0 Å². The summed E-state index contributed by atoms with van der Waals surface area (Å²) in [5, 5.41) is 2.84. The third-order valence-electron chi connectivity index (χ3n) is 3.32. The molecular formula is C13H21N5O2. The molecule has 0 saturated carbocycles. The lowest BCUT2D eigenvalue weighted by Crippen LogP contribution is -2.47. The predicted octanol–water partition coefficient (Wildman–Crippen LogP) is -0.182. The number of nitrogen functional groups attached to an aromatic ring is 1. The molecule has 2 heterocycles. The quantitative estimate of drug-likeness (QED) is 0.511. The number of nitrogens with two attached hydrogens (primary N) is 1. The summed E-state index contributed by atoms with van der Waals surface area (Å²) in [6, 6.07) is 3.30. The summed E-state index contributed by atoms with van der Waals surface area (Å²) in [6.07, 6.45) is 1.57. The minimum atomic E-state index is -0.223. The minimum absolute atomic E-state index is 0.0310. The Morgan fingerprint density at radius 1 is 1.65 bits per heavy atom. The van der Waals surface area contributed by atoms with E-state index in [-0.39, 0.29) is 12.0 Å². The molecule has 7 heteroatoms. The second-order valence-corrected chi connectivity index (χ2v) is 4.67. The molecule has 4 N–H and O–H groups in total. The lowest BCUT2D eigenvalue weighted by Gasteiger charge is -2.32. The van der Waals surface area contributed by atoms with E-state index in [0.29, 0.717) is 24.5 Å². The van der Waals surface area contributed by atoms with Gasteiger partial charge in [0.2, 0.25) is 0 Å². The molecule has 0 bridgehead atoms. The van der Waals surface area contributed by atoms with Crippen molar-refractivity contribution in [1.82, 2.24) is 15.2 Å². The molecule has 1 aliphatic rings. The number of aromatic nitrogens is 1. The van der Waals surface area contributed by atoms with Gasteiger partial charge in [-0.2, -0.15) is 0 Å². The van der Waals surface area contributed by atoms with E-state index >= 15 is 0 Å². The van der Waals surface area contributed by atoms with Crippen LogP contribution in [0.3, 0.4) is 0 Å². The number of nitrogens with zero attached hydrogens (tertiary/aromatic N) is 2. The maximum atomic E-state index is 12.0. The fourth-order valence-corrected chi connectivity index (χ4v) is 2.13. The molecule has 0 aromatic carbocycles. The predicted molar refractivity (Wildman–Crippen MR) is 76.2 cm³/mol. The van der Waals surface area contributed by atoms with Crippen molar-refractivity contribution in [2.24, 2.45) is 5.84 Å². The number of anilines is 1. The van der Waals surface area contributed by atoms with Gasteiger partial charge in [0.05, 0.1) is 18.4 Å². The second kappa shape index (κ2) is 7.18. The highest BCUT2D eigenvalue weighted by Gasteiger charge is 2.20. The van der Waals surface area contributed by atoms with E-state index in [9.17, 15) is 4.79 Å². The number of hydrogen-bond donors (Lipinski definition) is 3. The van der Waals surface area contributed by atoms with Crippen molar-refractivity contribution in [3.05, 3.63) is 24.0 Å². The fraction of sp³-hybridized carbons (Fsp3) is 0.538. The van der Waals surface area contributed by atoms with Crippen LogP contribution in [0.5, 0.6) is 0 Å². The van der Waals surface area contributed by atoms with E-state index in [1.165, 1.54) is 0 Å². The Bertz CT molecular complexity index is 454. The van der Waals surface area contributed by atoms with Gasteiger partial charge in [0.15, 0.2) is 0 Å². The van der Waals surface area contributed by atoms with Gasteiger partial charge in [-0.15, -0.1) is 0 Å². The van der Waals surface area contributed by atoms with E-state index in [0.717, 1.165) is 19.6 Å². The third-order valence-corrected chi connectivity index (χ3v) is 3.32. The Hall–Kier alpha value is -1.70. The maximum Gasteiger partial charge on any atom is 0.270 e. The highest BCUT2D eigenvalue weighted by molar-refractivity contribution is 5.93. The van der Waals surface area contributed by atoms with E-state index in [1.54, 1.807) is 18.3 Å². The summed E-state index contributed by atoms with van der Waals surface area (Å²) in [6.45, 7) is 6.10. The van der Waals surface area contributed by atoms with Crippen LogP contribution in [-0.4, -0.2) is 54.7 Å². The minimum Gasteiger partial charge on any atom is -0.374 e. The summed E-state index contributed by atoms with van der Waals surface area (Å²) in [5.41, 5.74) is 3.48. The highest BCUT2D eigenvalue weighted by atomic mass is 16.5. The van der Waals surface area contributed by atoms with Crippen LogP contribution >= 0.6 is 0 Å². The van der Waals surface area contributed by atoms with Gasteiger partial charge in [-0.1, -0.05) is 6.92 Å². The van der Waals surface area contributed by atoms with E-state index in [2.05, 4.69) is 27.6 Å². The van der Waals surface area contributed by atoms with Crippen molar-refractivity contribution >= 4 is 11.6 Å². The summed E-state index contributed by atoms with van der Waals surface area (Å²) >= 11 is 0. The number of hydrazine groups is 1. The van der Waals surface area contributed by atoms with Crippen molar-refractivity contribution in [2.45, 2.75) is 13.0 Å². The first-order valence-corrected chi connectivity index (χ1v) is 6.77. The first-order valence-electron chi connectivity index (χ1n) is 6.77. The smallest absolute Gasteiger partial charge is 0.270 e. The molecule has 7 nitrogen and oxygen atoms in total. The number of ether oxygens (including phenoxy) is 1. The number of rotatable bonds is 5. The monoisotopic (exact) mass is 279 g/mol. The third kappa shape index (κ3) is 3.89. The van der Waals surface area contributed by atoms with Gasteiger partial charge in [-0.05, 0) is 18.7 Å². The fourth-order valence-electron chi connectivity index (χ4n) is 2.13. The summed E-state index contributed by atoms with van der Waals surface area (Å²) in [7, 11) is 0. The van der Waals surface area contributed by atoms with E-state index < -0.39 is 0 Å². The number of likely N-dealkylation sites (N-methyl/N-ethyl adjacent to an activating group) is 1. The molecule has 0 spiro atoms. The zero-order valence-electron chi connectivity index (χ0n) is 11.6. The molecule has 20 heavy (non-hydrogen) atoms. The molecule has 1 unspecified atom stereocenters. The van der Waals surface area contributed by atoms with Gasteiger partial charge in [0.25, 0.3) is 5.91 Å². The number of morpholine rings is 1. The Labute approximate surface area is 118 Å². The molecule has 1 aromatic heterocycles. The van der Waals surface area contributed by atoms with Crippen molar-refractivity contribution in [3.63, 3.8) is 0 Å². The number of carbonyl (C=O) groups is 1. The molecule has 110 valence electrons. The lowest BCUT2D eigenvalue weighted by atomic mass is 10.2. The van der Waals surface area contributed by atoms with Gasteiger partial charge < -0.3 is 15.5 Å². The molecule has 0 radical (unpaired) electrons. The average molecular weight is 279 g/mol. The number of pyridine rings is 1. The normalized spacial score (nSPS) is 19.6. The van der Waals surface area contributed by atoms with Crippen LogP contribution in [0.1, 0.15) is 17.4 Å². The summed E-state index contributed by atoms with van der Waals surface area (Å²) < 4.78 is 5.63. The molecule has 1 aromatic rings. The van der Waals surface area contributed by atoms with Crippen molar-refractivity contribution in [3.8, 4) is 0 Å². The number of amides is 1. The van der Waals surface area contributed by atoms with Crippen LogP contribution in [0.15, 0.2) is 18.3 Å². The SMILES string of the molecule is CCN1CCOC(CNC(=O)c2cc(NN)ccn2)C1. The highest BCUT2D eigenvalue weighted by Crippen LogP contribution is 2.07. The Morgan fingerprint density at radius 2 is 2.50 bits per heavy atom. The molecule has 1 aliphatic heterocycles. The van der Waals surface area contributed by atoms with Gasteiger partial charge in [-0.25, -0.2) is 0 Å². The zero-order chi connectivity index (χ0) is 14.4. The van der Waals surface area contributed by atoms with Crippen molar-refractivity contribution < 1.29 is 9.53 Å². The Morgan fingerprint density at radius 3 is 3.25 bits per heavy atom. The first-order chi connectivity index (χ1) is 9.72. The van der Waals surface area contributed by atoms with Crippen LogP contribution in [0.4, 0.5) is 5.69 Å². The molecule has 1 fully saturated rings. The summed E-state index contributed by atoms with van der Waals surface area (Å²) in [5.74, 6) is 5.08. The van der Waals surface area contributed by atoms with Crippen LogP contribution in [0.25, 0.3) is 0 Å². The lowest BCUT2D eigenvalue weighted by molar-refractivity contribution is -0.0246. The van der Waals surface area contributed by atoms with Crippen molar-refractivity contribution in [1.29, 1.82) is 0 Å². The molecule has 1 atom stereocenters. The van der Waals surface area contributed by atoms with E-state index in [1.807, 2.05) is 0 Å². The molecule has 1 amide bonds. The van der Waals surface area contributed by atoms with Crippen LogP contribution in [-0.2, 0) is 4.74 Å². The van der Waals surface area contributed by atoms with Gasteiger partial charge in [0.1, 0.15) is 5.69 Å². The average Bonchev–Trinajstić information content (AvgIpc) is 2.52. The largest absolute Gasteiger partial charge is 0.374 e. The molecule has 0 aliphatic carbocycles. The maximum absolute atomic E-state index is 12.0. The standard InChI is InChI=1S/C13H21N5O2/c1-2-18-5-6-20-11(9-18)8-16-13(19)12-7-10(17-14)3-4-15-12/h3-4,7,11H,2,5-6,8-9,14H2,1H3,(H,15,17)(H,16,19). The number of carbonyl (C=O) groups excluding carboxylic acids is 1. The van der Waals surface area contributed by atoms with Gasteiger partial charge in [-0.3, -0.25) is 20.5 Å². The second-order valence-electron chi connectivity index (χ2n) is 4.67. The molecule has 1 saturated heterocycles. The Balaban J connectivity index is 1.85. The molecule has 2 rings (SSSR count). The Kier molecular flexibility index (Phi) is 5.28. The van der Waals surface area contributed by atoms with Crippen LogP contribution < -0.4 is 16.6 Å². The molecular weight excluding hydrogens is 258 g/mol. The van der Waals surface area contributed by atoms with Crippen LogP contribution in [0, 0.1) is 0 Å². The van der Waals surface area contributed by atoms with E-state index in [4.69, 9.17) is 10.6 Å². The first kappa shape index (κ1) is 14.7. The van der Waals surface area contributed by atoms with Crippen molar-refractivity contribution in [2.75, 3.05) is 38.2 Å². The van der Waals surface area contributed by atoms with Gasteiger partial charge >= 0.3 is 0 Å². The van der Waals surface area contributed by atoms with Gasteiger partial charge in [0, 0.05) is 25.8 Å². The number of nitrogens with one attached hydrogen (secondary N) is 2. The number of hydrogen-bond acceptors (Lipinski definition) is 6. The zero-order valence-corrected chi connectivity index (χ0v) is 11.6. The summed E-state index contributed by atoms with van der Waals surface area (Å²) in [4.78, 5) is 18.3. The topological polar surface area (TPSA) is 92.5 Å².